The van der Waals surface area contributed by atoms with Gasteiger partial charge in [0.2, 0.25) is 0 Å². The molecule has 8 nitrogen and oxygen atoms in total. The third kappa shape index (κ3) is 6.28. The van der Waals surface area contributed by atoms with E-state index in [0.717, 1.165) is 59.3 Å². The lowest BCUT2D eigenvalue weighted by molar-refractivity contribution is 0.142. The van der Waals surface area contributed by atoms with Crippen molar-refractivity contribution in [1.82, 2.24) is 9.97 Å². The van der Waals surface area contributed by atoms with Gasteiger partial charge >= 0.3 is 0 Å². The molecule has 2 aromatic heterocycles. The SMILES string of the molecule is CCC(C)CC(CC)Oc1cc2c(Nc3cc(-c4ccco4)ccc3OC3CCOC3)ncnc2cc1OC. The monoisotopic (exact) mass is 531 g/mol. The summed E-state index contributed by atoms with van der Waals surface area (Å²) in [7, 11) is 1.65. The minimum Gasteiger partial charge on any atom is -0.493 e. The van der Waals surface area contributed by atoms with Crippen molar-refractivity contribution in [2.45, 2.75) is 58.7 Å². The molecule has 0 aliphatic carbocycles. The Morgan fingerprint density at radius 1 is 1.05 bits per heavy atom. The van der Waals surface area contributed by atoms with Crippen LogP contribution in [0.25, 0.3) is 22.2 Å². The highest BCUT2D eigenvalue weighted by Gasteiger charge is 2.21. The number of fused-ring (bicyclic) bond motifs is 1. The molecular weight excluding hydrogens is 494 g/mol. The third-order valence-electron chi connectivity index (χ3n) is 7.25. The zero-order chi connectivity index (χ0) is 27.2. The maximum Gasteiger partial charge on any atom is 0.162 e. The fourth-order valence-corrected chi connectivity index (χ4v) is 4.75. The van der Waals surface area contributed by atoms with Crippen LogP contribution in [0.2, 0.25) is 0 Å². The van der Waals surface area contributed by atoms with E-state index in [1.165, 1.54) is 0 Å². The molecular formula is C31H37N3O5. The number of methoxy groups -OCH3 is 1. The molecule has 1 fully saturated rings. The van der Waals surface area contributed by atoms with Crippen molar-refractivity contribution in [3.05, 3.63) is 55.1 Å². The van der Waals surface area contributed by atoms with Gasteiger partial charge in [0.05, 0.1) is 43.9 Å². The van der Waals surface area contributed by atoms with E-state index in [2.05, 4.69) is 36.1 Å². The van der Waals surface area contributed by atoms with Gasteiger partial charge < -0.3 is 28.7 Å². The van der Waals surface area contributed by atoms with Crippen LogP contribution in [0.5, 0.6) is 17.2 Å². The molecule has 3 atom stereocenters. The number of hydrogen-bond acceptors (Lipinski definition) is 8. The largest absolute Gasteiger partial charge is 0.493 e. The van der Waals surface area contributed by atoms with E-state index < -0.39 is 0 Å². The van der Waals surface area contributed by atoms with Gasteiger partial charge in [-0.15, -0.1) is 0 Å². The molecule has 0 bridgehead atoms. The van der Waals surface area contributed by atoms with Crippen molar-refractivity contribution in [3.8, 4) is 28.6 Å². The molecule has 1 saturated heterocycles. The molecule has 0 saturated carbocycles. The topological polar surface area (TPSA) is 87.9 Å². The second kappa shape index (κ2) is 12.4. The van der Waals surface area contributed by atoms with E-state index in [1.807, 2.05) is 42.5 Å². The zero-order valence-corrected chi connectivity index (χ0v) is 23.1. The minimum atomic E-state index is 0.00269. The Labute approximate surface area is 229 Å². The minimum absolute atomic E-state index is 0.00269. The van der Waals surface area contributed by atoms with E-state index in [1.54, 1.807) is 19.7 Å². The summed E-state index contributed by atoms with van der Waals surface area (Å²) in [5.41, 5.74) is 2.45. The lowest BCUT2D eigenvalue weighted by Gasteiger charge is -2.22. The molecule has 1 aliphatic heterocycles. The van der Waals surface area contributed by atoms with Gasteiger partial charge in [-0.2, -0.15) is 0 Å². The Balaban J connectivity index is 1.51. The Morgan fingerprint density at radius 2 is 1.95 bits per heavy atom. The number of rotatable bonds is 12. The molecule has 0 spiro atoms. The first-order chi connectivity index (χ1) is 19.1. The molecule has 4 aromatic rings. The highest BCUT2D eigenvalue weighted by molar-refractivity contribution is 5.93. The second-order valence-electron chi connectivity index (χ2n) is 10.1. The summed E-state index contributed by atoms with van der Waals surface area (Å²) < 4.78 is 29.7. The summed E-state index contributed by atoms with van der Waals surface area (Å²) in [6, 6.07) is 13.6. The second-order valence-corrected chi connectivity index (χ2v) is 10.1. The Hall–Kier alpha value is -3.78. The van der Waals surface area contributed by atoms with Gasteiger partial charge in [-0.25, -0.2) is 9.97 Å². The van der Waals surface area contributed by atoms with E-state index in [4.69, 9.17) is 23.4 Å². The summed E-state index contributed by atoms with van der Waals surface area (Å²) in [6.07, 6.45) is 7.16. The molecule has 8 heteroatoms. The van der Waals surface area contributed by atoms with Gasteiger partial charge in [0.25, 0.3) is 0 Å². The Kier molecular flexibility index (Phi) is 8.51. The normalized spacial score (nSPS) is 16.7. The van der Waals surface area contributed by atoms with Gasteiger partial charge in [-0.3, -0.25) is 0 Å². The van der Waals surface area contributed by atoms with Crippen molar-refractivity contribution in [2.75, 3.05) is 25.6 Å². The van der Waals surface area contributed by atoms with Gasteiger partial charge in [0.1, 0.15) is 29.8 Å². The lowest BCUT2D eigenvalue weighted by atomic mass is 9.99. The third-order valence-corrected chi connectivity index (χ3v) is 7.25. The average molecular weight is 532 g/mol. The van der Waals surface area contributed by atoms with Crippen LogP contribution in [0.1, 0.15) is 46.5 Å². The first kappa shape index (κ1) is 26.8. The van der Waals surface area contributed by atoms with Crippen LogP contribution in [0.4, 0.5) is 11.5 Å². The van der Waals surface area contributed by atoms with E-state index in [0.29, 0.717) is 36.4 Å². The first-order valence-electron chi connectivity index (χ1n) is 13.8. The molecule has 39 heavy (non-hydrogen) atoms. The van der Waals surface area contributed by atoms with Crippen molar-refractivity contribution in [1.29, 1.82) is 0 Å². The Bertz CT molecular complexity index is 1370. The number of nitrogens with one attached hydrogen (secondary N) is 1. The van der Waals surface area contributed by atoms with Crippen LogP contribution in [0.15, 0.2) is 59.5 Å². The van der Waals surface area contributed by atoms with Crippen molar-refractivity contribution in [3.63, 3.8) is 0 Å². The molecule has 2 aromatic carbocycles. The van der Waals surface area contributed by atoms with Gasteiger partial charge in [-0.1, -0.05) is 27.2 Å². The molecule has 0 radical (unpaired) electrons. The molecule has 1 N–H and O–H groups in total. The van der Waals surface area contributed by atoms with Gasteiger partial charge in [0.15, 0.2) is 11.5 Å². The summed E-state index contributed by atoms with van der Waals surface area (Å²) >= 11 is 0. The fourth-order valence-electron chi connectivity index (χ4n) is 4.75. The quantitative estimate of drug-likeness (QED) is 0.202. The standard InChI is InChI=1S/C31H37N3O5/c1-5-20(3)14-22(6-2)38-30-16-24-25(17-29(30)35-4)32-19-33-31(24)34-26-15-21(27-8-7-12-37-27)9-10-28(26)39-23-11-13-36-18-23/h7-10,12,15-17,19-20,22-23H,5-6,11,13-14,18H2,1-4H3,(H,32,33,34). The zero-order valence-electron chi connectivity index (χ0n) is 23.1. The summed E-state index contributed by atoms with van der Waals surface area (Å²) in [4.78, 5) is 9.11. The van der Waals surface area contributed by atoms with Crippen LogP contribution < -0.4 is 19.5 Å². The Morgan fingerprint density at radius 3 is 2.67 bits per heavy atom. The fraction of sp³-hybridized carbons (Fsp3) is 0.419. The highest BCUT2D eigenvalue weighted by Crippen LogP contribution is 2.39. The summed E-state index contributed by atoms with van der Waals surface area (Å²) in [6.45, 7) is 7.90. The number of anilines is 2. The number of benzene rings is 2. The maximum atomic E-state index is 6.49. The smallest absolute Gasteiger partial charge is 0.162 e. The predicted octanol–water partition coefficient (Wildman–Crippen LogP) is 7.40. The lowest BCUT2D eigenvalue weighted by Crippen LogP contribution is -2.19. The van der Waals surface area contributed by atoms with Crippen LogP contribution >= 0.6 is 0 Å². The van der Waals surface area contributed by atoms with Gasteiger partial charge in [-0.05, 0) is 55.2 Å². The van der Waals surface area contributed by atoms with Crippen molar-refractivity contribution in [2.24, 2.45) is 5.92 Å². The molecule has 5 rings (SSSR count). The average Bonchev–Trinajstić information content (AvgIpc) is 3.68. The van der Waals surface area contributed by atoms with Crippen LogP contribution in [-0.4, -0.2) is 42.5 Å². The molecule has 1 aliphatic rings. The highest BCUT2D eigenvalue weighted by atomic mass is 16.5. The number of nitrogens with zero attached hydrogens (tertiary/aromatic N) is 2. The van der Waals surface area contributed by atoms with Crippen molar-refractivity contribution >= 4 is 22.4 Å². The van der Waals surface area contributed by atoms with Gasteiger partial charge in [0, 0.05) is 23.4 Å². The maximum absolute atomic E-state index is 6.49. The van der Waals surface area contributed by atoms with Crippen LogP contribution in [0, 0.1) is 5.92 Å². The summed E-state index contributed by atoms with van der Waals surface area (Å²) in [5, 5.41) is 4.33. The van der Waals surface area contributed by atoms with Crippen LogP contribution in [0.3, 0.4) is 0 Å². The summed E-state index contributed by atoms with van der Waals surface area (Å²) in [5.74, 6) is 4.05. The predicted molar refractivity (Wildman–Crippen MR) is 152 cm³/mol. The molecule has 206 valence electrons. The first-order valence-corrected chi connectivity index (χ1v) is 13.8. The van der Waals surface area contributed by atoms with E-state index in [9.17, 15) is 0 Å². The van der Waals surface area contributed by atoms with E-state index in [-0.39, 0.29) is 12.2 Å². The van der Waals surface area contributed by atoms with E-state index >= 15 is 0 Å². The van der Waals surface area contributed by atoms with Crippen molar-refractivity contribution < 1.29 is 23.4 Å². The molecule has 3 heterocycles. The van der Waals surface area contributed by atoms with Crippen LogP contribution in [-0.2, 0) is 4.74 Å². The number of furan rings is 1. The molecule has 3 unspecified atom stereocenters. The number of hydrogen-bond donors (Lipinski definition) is 1. The number of ether oxygens (including phenoxy) is 4. The number of aromatic nitrogens is 2. The molecule has 0 amide bonds.